The van der Waals surface area contributed by atoms with E-state index in [1.54, 1.807) is 11.1 Å². The summed E-state index contributed by atoms with van der Waals surface area (Å²) in [5, 5.41) is 16.7. The van der Waals surface area contributed by atoms with E-state index in [-0.39, 0.29) is 23.5 Å². The Bertz CT molecular complexity index is 1560. The number of benzene rings is 3. The van der Waals surface area contributed by atoms with Crippen LogP contribution in [0.15, 0.2) is 72.9 Å². The number of nitrogens with zero attached hydrogens (tertiary/aromatic N) is 3. The molecule has 3 aromatic carbocycles. The van der Waals surface area contributed by atoms with Gasteiger partial charge in [0.25, 0.3) is 0 Å². The minimum absolute atomic E-state index is 0.00222. The summed E-state index contributed by atoms with van der Waals surface area (Å²) in [6, 6.07) is 14.1. The number of carboxylic acids is 1. The van der Waals surface area contributed by atoms with Crippen molar-refractivity contribution in [3.63, 3.8) is 0 Å². The molecule has 42 heavy (non-hydrogen) atoms. The van der Waals surface area contributed by atoms with Gasteiger partial charge in [0, 0.05) is 48.3 Å². The quantitative estimate of drug-likeness (QED) is 0.233. The van der Waals surface area contributed by atoms with Crippen molar-refractivity contribution in [2.75, 3.05) is 36.5 Å². The van der Waals surface area contributed by atoms with Crippen molar-refractivity contribution in [2.45, 2.75) is 18.9 Å². The SMILES string of the molecule is O=C(O)c1ccc(-n2cc(CNc3ccc(N4CCOCC4)c(C(F)(F)F)c3)c(-c3ccc(C(F)(F)F)cc3)n2)cc1. The van der Waals surface area contributed by atoms with Crippen molar-refractivity contribution in [2.24, 2.45) is 0 Å². The molecule has 0 atom stereocenters. The Labute approximate surface area is 235 Å². The summed E-state index contributed by atoms with van der Waals surface area (Å²) in [5.74, 6) is -1.12. The van der Waals surface area contributed by atoms with Crippen LogP contribution in [0.2, 0.25) is 0 Å². The lowest BCUT2D eigenvalue weighted by Gasteiger charge is -2.31. The van der Waals surface area contributed by atoms with Gasteiger partial charge in [-0.25, -0.2) is 9.48 Å². The molecule has 0 unspecified atom stereocenters. The molecule has 2 heterocycles. The van der Waals surface area contributed by atoms with Crippen LogP contribution < -0.4 is 10.2 Å². The highest BCUT2D eigenvalue weighted by atomic mass is 19.4. The average molecular weight is 591 g/mol. The van der Waals surface area contributed by atoms with Gasteiger partial charge in [-0.1, -0.05) is 12.1 Å². The average Bonchev–Trinajstić information content (AvgIpc) is 3.40. The molecular weight excluding hydrogens is 566 g/mol. The lowest BCUT2D eigenvalue weighted by Crippen LogP contribution is -2.37. The van der Waals surface area contributed by atoms with E-state index in [0.29, 0.717) is 48.8 Å². The number of carboxylic acid groups (broad SMARTS) is 1. The van der Waals surface area contributed by atoms with Gasteiger partial charge in [0.1, 0.15) is 0 Å². The second-order valence-electron chi connectivity index (χ2n) is 9.56. The van der Waals surface area contributed by atoms with Crippen molar-refractivity contribution in [3.05, 3.63) is 95.2 Å². The van der Waals surface area contributed by atoms with Crippen LogP contribution in [0.3, 0.4) is 0 Å². The number of alkyl halides is 6. The highest BCUT2D eigenvalue weighted by molar-refractivity contribution is 5.87. The van der Waals surface area contributed by atoms with Crippen LogP contribution in [0.4, 0.5) is 37.7 Å². The Balaban J connectivity index is 1.47. The second-order valence-corrected chi connectivity index (χ2v) is 9.56. The van der Waals surface area contributed by atoms with Gasteiger partial charge in [-0.3, -0.25) is 0 Å². The predicted molar refractivity (Wildman–Crippen MR) is 143 cm³/mol. The summed E-state index contributed by atoms with van der Waals surface area (Å²) >= 11 is 0. The number of hydrogen-bond donors (Lipinski definition) is 2. The zero-order valence-electron chi connectivity index (χ0n) is 21.8. The first-order chi connectivity index (χ1) is 19.9. The maximum Gasteiger partial charge on any atom is 0.418 e. The van der Waals surface area contributed by atoms with Crippen molar-refractivity contribution >= 4 is 17.3 Å². The Kier molecular flexibility index (Phi) is 7.87. The van der Waals surface area contributed by atoms with Gasteiger partial charge in [-0.05, 0) is 54.6 Å². The highest BCUT2D eigenvalue weighted by Crippen LogP contribution is 2.39. The number of rotatable bonds is 7. The number of ether oxygens (including phenoxy) is 1. The Morgan fingerprint density at radius 2 is 1.57 bits per heavy atom. The van der Waals surface area contributed by atoms with Crippen LogP contribution in [0.1, 0.15) is 27.0 Å². The van der Waals surface area contributed by atoms with Gasteiger partial charge >= 0.3 is 18.3 Å². The Hall–Kier alpha value is -4.52. The van der Waals surface area contributed by atoms with Crippen molar-refractivity contribution in [3.8, 4) is 16.9 Å². The molecule has 1 aromatic heterocycles. The van der Waals surface area contributed by atoms with E-state index in [0.717, 1.165) is 18.2 Å². The van der Waals surface area contributed by atoms with E-state index in [2.05, 4.69) is 10.4 Å². The summed E-state index contributed by atoms with van der Waals surface area (Å²) < 4.78 is 88.1. The number of morpholine rings is 1. The molecule has 4 aromatic rings. The molecule has 1 aliphatic rings. The third kappa shape index (κ3) is 6.35. The summed E-state index contributed by atoms with van der Waals surface area (Å²) in [5.41, 5.74) is 0.295. The molecule has 1 aliphatic heterocycles. The molecule has 0 radical (unpaired) electrons. The molecular formula is C29H24F6N4O3. The molecule has 0 saturated carbocycles. The molecule has 5 rings (SSSR count). The molecule has 7 nitrogen and oxygen atoms in total. The number of anilines is 2. The number of carbonyl (C=O) groups is 1. The Morgan fingerprint density at radius 3 is 2.17 bits per heavy atom. The monoisotopic (exact) mass is 590 g/mol. The number of nitrogens with one attached hydrogen (secondary N) is 1. The van der Waals surface area contributed by atoms with Gasteiger partial charge in [-0.2, -0.15) is 31.4 Å². The van der Waals surface area contributed by atoms with Crippen molar-refractivity contribution < 1.29 is 41.0 Å². The standard InChI is InChI=1S/C29H24F6N4O3/c30-28(31,32)21-5-1-18(2-6-21)26-20(17-39(37-26)23-8-3-19(4-9-23)27(40)41)16-36-22-7-10-25(24(15-22)29(33,34)35)38-11-13-42-14-12-38/h1-10,15,17,36H,11-14,16H2,(H,40,41). The largest absolute Gasteiger partial charge is 0.478 e. The van der Waals surface area contributed by atoms with Gasteiger partial charge < -0.3 is 20.1 Å². The van der Waals surface area contributed by atoms with E-state index < -0.39 is 29.4 Å². The van der Waals surface area contributed by atoms with E-state index >= 15 is 0 Å². The van der Waals surface area contributed by atoms with E-state index in [9.17, 15) is 36.2 Å². The van der Waals surface area contributed by atoms with E-state index in [1.165, 1.54) is 53.2 Å². The third-order valence-corrected chi connectivity index (χ3v) is 6.79. The molecule has 1 saturated heterocycles. The Morgan fingerprint density at radius 1 is 0.905 bits per heavy atom. The van der Waals surface area contributed by atoms with Crippen LogP contribution in [0.25, 0.3) is 16.9 Å². The van der Waals surface area contributed by atoms with Crippen molar-refractivity contribution in [1.82, 2.24) is 9.78 Å². The van der Waals surface area contributed by atoms with Crippen LogP contribution in [0.5, 0.6) is 0 Å². The number of aromatic nitrogens is 2. The fraction of sp³-hybridized carbons (Fsp3) is 0.241. The minimum Gasteiger partial charge on any atom is -0.478 e. The number of hydrogen-bond acceptors (Lipinski definition) is 5. The van der Waals surface area contributed by atoms with Crippen LogP contribution in [0, 0.1) is 0 Å². The van der Waals surface area contributed by atoms with Gasteiger partial charge in [0.15, 0.2) is 0 Å². The lowest BCUT2D eigenvalue weighted by atomic mass is 10.1. The van der Waals surface area contributed by atoms with Crippen molar-refractivity contribution in [1.29, 1.82) is 0 Å². The molecule has 220 valence electrons. The fourth-order valence-electron chi connectivity index (χ4n) is 4.64. The van der Waals surface area contributed by atoms with E-state index in [4.69, 9.17) is 4.74 Å². The normalized spacial score (nSPS) is 14.2. The van der Waals surface area contributed by atoms with Gasteiger partial charge in [-0.15, -0.1) is 0 Å². The van der Waals surface area contributed by atoms with Gasteiger partial charge in [0.2, 0.25) is 0 Å². The highest BCUT2D eigenvalue weighted by Gasteiger charge is 2.35. The molecule has 0 aliphatic carbocycles. The van der Waals surface area contributed by atoms with Crippen LogP contribution in [-0.2, 0) is 23.6 Å². The zero-order chi connectivity index (χ0) is 30.1. The van der Waals surface area contributed by atoms with Crippen LogP contribution >= 0.6 is 0 Å². The van der Waals surface area contributed by atoms with E-state index in [1.807, 2.05) is 0 Å². The third-order valence-electron chi connectivity index (χ3n) is 6.79. The molecule has 2 N–H and O–H groups in total. The summed E-state index contributed by atoms with van der Waals surface area (Å²) in [6.45, 7) is 1.32. The molecule has 0 bridgehead atoms. The van der Waals surface area contributed by atoms with Crippen LogP contribution in [-0.4, -0.2) is 47.2 Å². The molecule has 1 fully saturated rings. The minimum atomic E-state index is -4.61. The maximum atomic E-state index is 14.0. The summed E-state index contributed by atoms with van der Waals surface area (Å²) in [4.78, 5) is 12.8. The topological polar surface area (TPSA) is 79.6 Å². The number of aromatic carboxylic acids is 1. The first kappa shape index (κ1) is 29.0. The second kappa shape index (κ2) is 11.4. The smallest absolute Gasteiger partial charge is 0.418 e. The maximum absolute atomic E-state index is 14.0. The summed E-state index contributed by atoms with van der Waals surface area (Å²) in [6.07, 6.45) is -7.55. The molecule has 0 amide bonds. The fourth-order valence-corrected chi connectivity index (χ4v) is 4.64. The molecule has 0 spiro atoms. The first-order valence-electron chi connectivity index (χ1n) is 12.8. The van der Waals surface area contributed by atoms with Gasteiger partial charge in [0.05, 0.1) is 41.3 Å². The molecule has 13 heteroatoms. The zero-order valence-corrected chi connectivity index (χ0v) is 21.8. The summed E-state index contributed by atoms with van der Waals surface area (Å²) in [7, 11) is 0. The lowest BCUT2D eigenvalue weighted by molar-refractivity contribution is -0.138. The first-order valence-corrected chi connectivity index (χ1v) is 12.8. The predicted octanol–water partition coefficient (Wildman–Crippen LogP) is 6.72. The number of halogens is 6.